The van der Waals surface area contributed by atoms with E-state index in [1.807, 2.05) is 23.8 Å². The summed E-state index contributed by atoms with van der Waals surface area (Å²) in [5, 5.41) is 6.53. The van der Waals surface area contributed by atoms with E-state index in [0.717, 1.165) is 21.7 Å². The molecule has 0 aromatic carbocycles. The van der Waals surface area contributed by atoms with E-state index in [2.05, 4.69) is 45.1 Å². The van der Waals surface area contributed by atoms with Crippen LogP contribution < -0.4 is 5.32 Å². The van der Waals surface area contributed by atoms with Gasteiger partial charge in [0.15, 0.2) is 0 Å². The van der Waals surface area contributed by atoms with Crippen LogP contribution in [-0.4, -0.2) is 9.97 Å². The summed E-state index contributed by atoms with van der Waals surface area (Å²) in [7, 11) is 0. The van der Waals surface area contributed by atoms with Crippen LogP contribution >= 0.6 is 27.3 Å². The van der Waals surface area contributed by atoms with Crippen molar-refractivity contribution in [3.63, 3.8) is 0 Å². The predicted octanol–water partition coefficient (Wildman–Crippen LogP) is 4.17. The number of nitrogens with zero attached hydrogens (tertiary/aromatic N) is 2. The number of nitrogens with one attached hydrogen (secondary N) is 1. The summed E-state index contributed by atoms with van der Waals surface area (Å²) in [4.78, 5) is 8.70. The zero-order chi connectivity index (χ0) is 12.3. The normalized spacial score (nSPS) is 12.4. The van der Waals surface area contributed by atoms with E-state index < -0.39 is 0 Å². The number of aryl methyl sites for hydroxylation is 1. The molecule has 0 aliphatic carbocycles. The fourth-order valence-corrected chi connectivity index (χ4v) is 2.67. The highest BCUT2D eigenvalue weighted by molar-refractivity contribution is 9.10. The first-order valence-electron chi connectivity index (χ1n) is 5.49. The molecule has 17 heavy (non-hydrogen) atoms. The minimum Gasteiger partial charge on any atom is -0.360 e. The smallest absolute Gasteiger partial charge is 0.141 e. The van der Waals surface area contributed by atoms with E-state index in [1.54, 1.807) is 11.3 Å². The molecule has 0 saturated heterocycles. The molecule has 3 nitrogen and oxygen atoms in total. The maximum absolute atomic E-state index is 4.36. The summed E-state index contributed by atoms with van der Waals surface area (Å²) in [5.41, 5.74) is 1.18. The van der Waals surface area contributed by atoms with Gasteiger partial charge in [-0.1, -0.05) is 6.92 Å². The van der Waals surface area contributed by atoms with Gasteiger partial charge in [-0.05, 0) is 40.9 Å². The number of rotatable bonds is 4. The summed E-state index contributed by atoms with van der Waals surface area (Å²) in [5.74, 6) is 0.882. The highest BCUT2D eigenvalue weighted by Gasteiger charge is 2.14. The second-order valence-electron chi connectivity index (χ2n) is 3.77. The van der Waals surface area contributed by atoms with Gasteiger partial charge in [0.05, 0.1) is 10.5 Å². The third kappa shape index (κ3) is 2.84. The first-order chi connectivity index (χ1) is 8.22. The van der Waals surface area contributed by atoms with Crippen LogP contribution in [0.4, 0.5) is 5.82 Å². The van der Waals surface area contributed by atoms with Crippen molar-refractivity contribution in [1.29, 1.82) is 0 Å². The van der Waals surface area contributed by atoms with Crippen molar-refractivity contribution in [3.8, 4) is 0 Å². The van der Waals surface area contributed by atoms with Crippen molar-refractivity contribution < 1.29 is 0 Å². The lowest BCUT2D eigenvalue weighted by Gasteiger charge is -2.16. The molecule has 2 rings (SSSR count). The third-order valence-corrected chi connectivity index (χ3v) is 4.44. The van der Waals surface area contributed by atoms with Gasteiger partial charge in [0, 0.05) is 17.8 Å². The second-order valence-corrected chi connectivity index (χ2v) is 5.49. The van der Waals surface area contributed by atoms with Gasteiger partial charge in [-0.15, -0.1) is 11.3 Å². The Kier molecular flexibility index (Phi) is 4.12. The molecule has 2 heterocycles. The Morgan fingerprint density at radius 1 is 1.41 bits per heavy atom. The zero-order valence-electron chi connectivity index (χ0n) is 9.77. The molecule has 1 atom stereocenters. The monoisotopic (exact) mass is 311 g/mol. The number of hydrogen-bond acceptors (Lipinski definition) is 4. The maximum atomic E-state index is 4.36. The van der Waals surface area contributed by atoms with Gasteiger partial charge in [-0.2, -0.15) is 0 Å². The van der Waals surface area contributed by atoms with Gasteiger partial charge < -0.3 is 5.32 Å². The number of aromatic nitrogens is 2. The molecule has 2 aromatic heterocycles. The van der Waals surface area contributed by atoms with Crippen molar-refractivity contribution >= 4 is 33.1 Å². The number of halogens is 1. The summed E-state index contributed by atoms with van der Waals surface area (Å²) in [6.45, 7) is 4.20. The SMILES string of the molecule is CCC(Nc1nccc(C)c1Br)c1nccs1. The molecule has 0 saturated carbocycles. The van der Waals surface area contributed by atoms with Crippen LogP contribution in [-0.2, 0) is 0 Å². The van der Waals surface area contributed by atoms with Gasteiger partial charge in [0.1, 0.15) is 10.8 Å². The molecule has 1 N–H and O–H groups in total. The van der Waals surface area contributed by atoms with E-state index >= 15 is 0 Å². The van der Waals surface area contributed by atoms with Crippen molar-refractivity contribution in [2.75, 3.05) is 5.32 Å². The molecule has 90 valence electrons. The molecule has 0 radical (unpaired) electrons. The minimum atomic E-state index is 0.223. The average Bonchev–Trinajstić information content (AvgIpc) is 2.85. The molecule has 0 fully saturated rings. The number of pyridine rings is 1. The predicted molar refractivity (Wildman–Crippen MR) is 75.4 cm³/mol. The Balaban J connectivity index is 2.22. The molecule has 0 spiro atoms. The van der Waals surface area contributed by atoms with Crippen LogP contribution in [0.3, 0.4) is 0 Å². The Bertz CT molecular complexity index is 485. The summed E-state index contributed by atoms with van der Waals surface area (Å²) in [6, 6.07) is 2.21. The maximum Gasteiger partial charge on any atom is 0.141 e. The van der Waals surface area contributed by atoms with E-state index in [0.29, 0.717) is 0 Å². The largest absolute Gasteiger partial charge is 0.360 e. The number of anilines is 1. The summed E-state index contributed by atoms with van der Waals surface area (Å²) >= 11 is 5.23. The lowest BCUT2D eigenvalue weighted by molar-refractivity contribution is 0.736. The van der Waals surface area contributed by atoms with Gasteiger partial charge in [0.25, 0.3) is 0 Å². The Labute approximate surface area is 113 Å². The molecule has 5 heteroatoms. The standard InChI is InChI=1S/C12H14BrN3S/c1-3-9(12-15-6-7-17-12)16-11-10(13)8(2)4-5-14-11/h4-7,9H,3H2,1-2H3,(H,14,16). The fraction of sp³-hybridized carbons (Fsp3) is 0.333. The zero-order valence-corrected chi connectivity index (χ0v) is 12.2. The molecular formula is C12H14BrN3S. The van der Waals surface area contributed by atoms with E-state index in [-0.39, 0.29) is 6.04 Å². The Hall–Kier alpha value is -0.940. The van der Waals surface area contributed by atoms with Crippen LogP contribution in [0.25, 0.3) is 0 Å². The van der Waals surface area contributed by atoms with Crippen LogP contribution in [0, 0.1) is 6.92 Å². The summed E-state index contributed by atoms with van der Waals surface area (Å²) in [6.07, 6.45) is 4.63. The first kappa shape index (κ1) is 12.5. The first-order valence-corrected chi connectivity index (χ1v) is 7.16. The van der Waals surface area contributed by atoms with Gasteiger partial charge in [-0.25, -0.2) is 9.97 Å². The Morgan fingerprint density at radius 3 is 2.88 bits per heavy atom. The van der Waals surface area contributed by atoms with Crippen LogP contribution in [0.2, 0.25) is 0 Å². The number of thiazole rings is 1. The number of hydrogen-bond donors (Lipinski definition) is 1. The molecule has 2 aromatic rings. The van der Waals surface area contributed by atoms with E-state index in [9.17, 15) is 0 Å². The van der Waals surface area contributed by atoms with Crippen molar-refractivity contribution in [2.24, 2.45) is 0 Å². The Morgan fingerprint density at radius 2 is 2.24 bits per heavy atom. The third-order valence-electron chi connectivity index (χ3n) is 2.55. The highest BCUT2D eigenvalue weighted by atomic mass is 79.9. The molecule has 1 unspecified atom stereocenters. The quantitative estimate of drug-likeness (QED) is 0.920. The molecule has 0 amide bonds. The van der Waals surface area contributed by atoms with Gasteiger partial charge in [0.2, 0.25) is 0 Å². The van der Waals surface area contributed by atoms with E-state index in [1.165, 1.54) is 5.56 Å². The summed E-state index contributed by atoms with van der Waals surface area (Å²) < 4.78 is 1.02. The molecular weight excluding hydrogens is 298 g/mol. The molecule has 0 aliphatic heterocycles. The average molecular weight is 312 g/mol. The van der Waals surface area contributed by atoms with Crippen LogP contribution in [0.5, 0.6) is 0 Å². The van der Waals surface area contributed by atoms with Crippen LogP contribution in [0.15, 0.2) is 28.3 Å². The molecule has 0 bridgehead atoms. The van der Waals surface area contributed by atoms with Gasteiger partial charge >= 0.3 is 0 Å². The van der Waals surface area contributed by atoms with Crippen molar-refractivity contribution in [3.05, 3.63) is 38.9 Å². The van der Waals surface area contributed by atoms with E-state index in [4.69, 9.17) is 0 Å². The van der Waals surface area contributed by atoms with Crippen molar-refractivity contribution in [2.45, 2.75) is 26.3 Å². The topological polar surface area (TPSA) is 37.8 Å². The minimum absolute atomic E-state index is 0.223. The van der Waals surface area contributed by atoms with Gasteiger partial charge in [-0.3, -0.25) is 0 Å². The van der Waals surface area contributed by atoms with Crippen LogP contribution in [0.1, 0.15) is 30.0 Å². The fourth-order valence-electron chi connectivity index (χ4n) is 1.55. The second kappa shape index (κ2) is 5.60. The van der Waals surface area contributed by atoms with Crippen molar-refractivity contribution in [1.82, 2.24) is 9.97 Å². The lowest BCUT2D eigenvalue weighted by atomic mass is 10.2. The lowest BCUT2D eigenvalue weighted by Crippen LogP contribution is -2.11. The highest BCUT2D eigenvalue weighted by Crippen LogP contribution is 2.29. The molecule has 0 aliphatic rings.